The van der Waals surface area contributed by atoms with Crippen molar-refractivity contribution in [3.8, 4) is 11.5 Å². The summed E-state index contributed by atoms with van der Waals surface area (Å²) in [5.74, 6) is -1.56. The molecule has 3 rings (SSSR count). The zero-order chi connectivity index (χ0) is 22.4. The number of carbonyl (C=O) groups is 1. The molecule has 0 saturated carbocycles. The summed E-state index contributed by atoms with van der Waals surface area (Å²) in [6.07, 6.45) is 4.75. The molecule has 2 aromatic rings. The normalized spacial score (nSPS) is 14.4. The number of imidazole rings is 1. The summed E-state index contributed by atoms with van der Waals surface area (Å²) in [5.41, 5.74) is 1.09. The van der Waals surface area contributed by atoms with E-state index < -0.39 is 18.8 Å². The van der Waals surface area contributed by atoms with Crippen molar-refractivity contribution in [3.63, 3.8) is 0 Å². The van der Waals surface area contributed by atoms with E-state index in [1.165, 1.54) is 6.07 Å². The van der Waals surface area contributed by atoms with Crippen molar-refractivity contribution in [2.45, 2.75) is 31.8 Å². The Hall–Kier alpha value is -2.60. The van der Waals surface area contributed by atoms with Gasteiger partial charge in [0.25, 0.3) is 0 Å². The summed E-state index contributed by atoms with van der Waals surface area (Å²) < 4.78 is 7.88. The Morgan fingerprint density at radius 1 is 1.29 bits per heavy atom. The Morgan fingerprint density at radius 3 is 2.74 bits per heavy atom. The van der Waals surface area contributed by atoms with Gasteiger partial charge in [-0.25, -0.2) is 9.78 Å². The molecule has 1 saturated heterocycles. The lowest BCUT2D eigenvalue weighted by Gasteiger charge is -2.39. The second-order valence-corrected chi connectivity index (χ2v) is 7.73. The van der Waals surface area contributed by atoms with Crippen molar-refractivity contribution in [1.82, 2.24) is 19.8 Å². The van der Waals surface area contributed by atoms with Crippen LogP contribution in [0.2, 0.25) is 6.32 Å². The van der Waals surface area contributed by atoms with Crippen LogP contribution >= 0.6 is 0 Å². The lowest BCUT2D eigenvalue weighted by molar-refractivity contribution is 0.0168. The summed E-state index contributed by atoms with van der Waals surface area (Å²) in [6.45, 7) is 3.87. The van der Waals surface area contributed by atoms with E-state index in [-0.39, 0.29) is 30.2 Å². The molecule has 1 aliphatic rings. The van der Waals surface area contributed by atoms with Gasteiger partial charge in [0.15, 0.2) is 0 Å². The van der Waals surface area contributed by atoms with Gasteiger partial charge in [-0.15, -0.1) is 0 Å². The van der Waals surface area contributed by atoms with Gasteiger partial charge in [0.05, 0.1) is 12.0 Å². The highest BCUT2D eigenvalue weighted by Crippen LogP contribution is 2.33. The van der Waals surface area contributed by atoms with Crippen molar-refractivity contribution in [2.75, 3.05) is 33.2 Å². The molecule has 11 heteroatoms. The first-order chi connectivity index (χ1) is 14.9. The number of nitrogens with zero attached hydrogens (tertiary/aromatic N) is 3. The Morgan fingerprint density at radius 2 is 2.06 bits per heavy atom. The standard InChI is InChI=1S/C20H29BN4O6/c1-22-7-5-15-10-25(13-23-15)9-8-24-11-16(12-24)31-17-3-2-14(4-6-21(29)30)19(26)18(17)20(27)28/h2-3,10,13,16,22,26,29-30H,4-9,11-12H2,1H3,(H,27,28). The lowest BCUT2D eigenvalue weighted by Crippen LogP contribution is -2.54. The van der Waals surface area contributed by atoms with E-state index in [9.17, 15) is 15.0 Å². The second kappa shape index (κ2) is 10.6. The molecule has 1 aromatic heterocycles. The molecule has 31 heavy (non-hydrogen) atoms. The fourth-order valence-corrected chi connectivity index (χ4v) is 3.53. The van der Waals surface area contributed by atoms with Crippen molar-refractivity contribution in [1.29, 1.82) is 0 Å². The number of aryl methyl sites for hydroxylation is 1. The van der Waals surface area contributed by atoms with Crippen LogP contribution < -0.4 is 10.1 Å². The van der Waals surface area contributed by atoms with Crippen molar-refractivity contribution < 1.29 is 29.8 Å². The lowest BCUT2D eigenvalue weighted by atomic mass is 9.82. The number of likely N-dealkylation sites (tertiary alicyclic amines) is 1. The van der Waals surface area contributed by atoms with Gasteiger partial charge < -0.3 is 34.9 Å². The van der Waals surface area contributed by atoms with Gasteiger partial charge in [-0.1, -0.05) is 6.07 Å². The summed E-state index contributed by atoms with van der Waals surface area (Å²) in [5, 5.41) is 40.9. The molecule has 0 unspecified atom stereocenters. The van der Waals surface area contributed by atoms with E-state index in [2.05, 4.69) is 19.8 Å². The van der Waals surface area contributed by atoms with Crippen molar-refractivity contribution >= 4 is 13.1 Å². The number of nitrogens with one attached hydrogen (secondary N) is 1. The number of hydrogen-bond donors (Lipinski definition) is 5. The predicted molar refractivity (Wildman–Crippen MR) is 114 cm³/mol. The van der Waals surface area contributed by atoms with Crippen LogP contribution in [0.1, 0.15) is 21.6 Å². The summed E-state index contributed by atoms with van der Waals surface area (Å²) >= 11 is 0. The number of phenols is 1. The topological polar surface area (TPSA) is 140 Å². The monoisotopic (exact) mass is 432 g/mol. The Kier molecular flexibility index (Phi) is 7.91. The maximum Gasteiger partial charge on any atom is 0.451 e. The Bertz CT molecular complexity index is 885. The highest BCUT2D eigenvalue weighted by atomic mass is 16.5. The molecule has 0 aliphatic carbocycles. The zero-order valence-electron chi connectivity index (χ0n) is 17.6. The third-order valence-corrected chi connectivity index (χ3v) is 5.32. The van der Waals surface area contributed by atoms with Crippen LogP contribution in [0.15, 0.2) is 24.7 Å². The second-order valence-electron chi connectivity index (χ2n) is 7.73. The van der Waals surface area contributed by atoms with Gasteiger partial charge in [-0.3, -0.25) is 4.90 Å². The highest BCUT2D eigenvalue weighted by Gasteiger charge is 2.30. The molecule has 0 spiro atoms. The number of rotatable bonds is 12. The van der Waals surface area contributed by atoms with E-state index in [0.29, 0.717) is 18.7 Å². The van der Waals surface area contributed by atoms with Crippen LogP contribution in [0.3, 0.4) is 0 Å². The van der Waals surface area contributed by atoms with Gasteiger partial charge in [0.2, 0.25) is 0 Å². The number of carboxylic acids is 1. The molecule has 0 bridgehead atoms. The maximum atomic E-state index is 11.7. The highest BCUT2D eigenvalue weighted by molar-refractivity contribution is 6.41. The van der Waals surface area contributed by atoms with Gasteiger partial charge in [-0.05, 0) is 31.4 Å². The first-order valence-corrected chi connectivity index (χ1v) is 10.4. The Labute approximate surface area is 181 Å². The van der Waals surface area contributed by atoms with Crippen LogP contribution in [0.4, 0.5) is 0 Å². The van der Waals surface area contributed by atoms with E-state index >= 15 is 0 Å². The zero-order valence-corrected chi connectivity index (χ0v) is 17.6. The first-order valence-electron chi connectivity index (χ1n) is 10.4. The summed E-state index contributed by atoms with van der Waals surface area (Å²) in [4.78, 5) is 18.2. The average molecular weight is 432 g/mol. The molecule has 0 radical (unpaired) electrons. The van der Waals surface area contributed by atoms with Gasteiger partial charge >= 0.3 is 13.1 Å². The average Bonchev–Trinajstić information content (AvgIpc) is 3.14. The third-order valence-electron chi connectivity index (χ3n) is 5.32. The molecule has 10 nitrogen and oxygen atoms in total. The van der Waals surface area contributed by atoms with E-state index in [4.69, 9.17) is 14.8 Å². The number of aromatic hydroxyl groups is 1. The SMILES string of the molecule is CNCCc1cn(CCN2CC(Oc3ccc(CCB(O)O)c(O)c3C(=O)O)C2)cn1. The van der Waals surface area contributed by atoms with Crippen LogP contribution in [0.5, 0.6) is 11.5 Å². The minimum atomic E-state index is -1.52. The number of aromatic carboxylic acids is 1. The number of aromatic nitrogens is 2. The molecule has 2 heterocycles. The molecule has 0 amide bonds. The molecule has 1 fully saturated rings. The molecule has 0 atom stereocenters. The van der Waals surface area contributed by atoms with Crippen LogP contribution in [0.25, 0.3) is 0 Å². The van der Waals surface area contributed by atoms with Gasteiger partial charge in [0.1, 0.15) is 23.2 Å². The van der Waals surface area contributed by atoms with Crippen LogP contribution in [-0.2, 0) is 19.4 Å². The number of likely N-dealkylation sites (N-methyl/N-ethyl adjacent to an activating group) is 1. The third kappa shape index (κ3) is 6.20. The molecule has 1 aliphatic heterocycles. The largest absolute Gasteiger partial charge is 0.507 e. The van der Waals surface area contributed by atoms with Crippen molar-refractivity contribution in [3.05, 3.63) is 41.5 Å². The molecular weight excluding hydrogens is 403 g/mol. The quantitative estimate of drug-likeness (QED) is 0.289. The molecule has 5 N–H and O–H groups in total. The van der Waals surface area contributed by atoms with Gasteiger partial charge in [-0.2, -0.15) is 0 Å². The van der Waals surface area contributed by atoms with E-state index in [0.717, 1.165) is 31.7 Å². The molecule has 1 aromatic carbocycles. The van der Waals surface area contributed by atoms with Gasteiger partial charge in [0, 0.05) is 45.3 Å². The van der Waals surface area contributed by atoms with E-state index in [1.54, 1.807) is 6.07 Å². The molecular formula is C20H29BN4O6. The smallest absolute Gasteiger partial charge is 0.451 e. The number of carboxylic acid groups (broad SMARTS) is 1. The number of benzene rings is 1. The molecule has 168 valence electrons. The Balaban J connectivity index is 1.50. The number of ether oxygens (including phenoxy) is 1. The van der Waals surface area contributed by atoms with Crippen LogP contribution in [-0.4, -0.2) is 87.1 Å². The number of hydrogen-bond acceptors (Lipinski definition) is 8. The summed E-state index contributed by atoms with van der Waals surface area (Å²) in [6, 6.07) is 3.07. The summed E-state index contributed by atoms with van der Waals surface area (Å²) in [7, 11) is 0.392. The van der Waals surface area contributed by atoms with Crippen molar-refractivity contribution in [2.24, 2.45) is 0 Å². The predicted octanol–water partition coefficient (Wildman–Crippen LogP) is -0.173. The maximum absolute atomic E-state index is 11.7. The minimum absolute atomic E-state index is 0.00168. The first kappa shape index (κ1) is 23.1. The minimum Gasteiger partial charge on any atom is -0.507 e. The fraction of sp³-hybridized carbons (Fsp3) is 0.500. The fourth-order valence-electron chi connectivity index (χ4n) is 3.53. The van der Waals surface area contributed by atoms with E-state index in [1.807, 2.05) is 19.6 Å². The van der Waals surface area contributed by atoms with Crippen LogP contribution in [0, 0.1) is 0 Å².